The molecule has 1 amide bonds. The van der Waals surface area contributed by atoms with Crippen LogP contribution in [0.3, 0.4) is 0 Å². The Bertz CT molecular complexity index is 1710. The van der Waals surface area contributed by atoms with E-state index in [1.165, 1.54) is 160 Å². The Morgan fingerprint density at radius 1 is 0.478 bits per heavy atom. The summed E-state index contributed by atoms with van der Waals surface area (Å²) < 4.78 is 0. The van der Waals surface area contributed by atoms with Crippen molar-refractivity contribution < 1.29 is 34.9 Å². The molecule has 1 unspecified atom stereocenters. The van der Waals surface area contributed by atoms with Gasteiger partial charge in [-0.2, -0.15) is 0 Å². The Morgan fingerprint density at radius 3 is 1.30 bits per heavy atom. The average molecular weight is 1260 g/mol. The molecule has 17 nitrogen and oxygen atoms in total. The normalized spacial score (nSPS) is 15.0. The van der Waals surface area contributed by atoms with Gasteiger partial charge in [-0.3, -0.25) is 4.79 Å². The van der Waals surface area contributed by atoms with Crippen LogP contribution in [-0.2, 0) is 4.79 Å². The summed E-state index contributed by atoms with van der Waals surface area (Å²) in [5.74, 6) is 0.399. The number of nitrogens with zero attached hydrogens (tertiary/aromatic N) is 9. The van der Waals surface area contributed by atoms with Gasteiger partial charge in [-0.1, -0.05) is 170 Å². The van der Waals surface area contributed by atoms with Gasteiger partial charge in [-0.25, -0.2) is 0 Å². The molecule has 1 fully saturated rings. The minimum Gasteiger partial charge on any atom is -0.437 e. The summed E-state index contributed by atoms with van der Waals surface area (Å²) in [5, 5.41) is 70.2. The second kappa shape index (κ2) is 59.6. The molecule has 0 aliphatic heterocycles. The third kappa shape index (κ3) is 49.7. The van der Waals surface area contributed by atoms with E-state index in [1.54, 1.807) is 13.6 Å². The second-order valence-electron chi connectivity index (χ2n) is 27.5. The molecule has 0 aromatic carbocycles. The summed E-state index contributed by atoms with van der Waals surface area (Å²) in [6.07, 6.45) is 54.6. The Kier molecular flexibility index (Phi) is 57.1. The van der Waals surface area contributed by atoms with Crippen molar-refractivity contribution in [3.63, 3.8) is 0 Å². The molecule has 0 saturated heterocycles. The number of nitrogens with one attached hydrogen (secondary N) is 1. The number of amides is 1. The number of hydrogen-bond acceptors (Lipinski definition) is 14. The van der Waals surface area contributed by atoms with Crippen molar-refractivity contribution in [2.24, 2.45) is 11.0 Å². The van der Waals surface area contributed by atoms with Crippen molar-refractivity contribution in [2.75, 3.05) is 86.1 Å². The van der Waals surface area contributed by atoms with E-state index >= 15 is 0 Å². The van der Waals surface area contributed by atoms with Crippen LogP contribution in [0, 0.1) is 5.92 Å². The van der Waals surface area contributed by atoms with Crippen molar-refractivity contribution in [1.29, 1.82) is 0 Å². The zero-order valence-electron chi connectivity index (χ0n) is 59.7. The van der Waals surface area contributed by atoms with Gasteiger partial charge >= 0.3 is 42.3 Å². The van der Waals surface area contributed by atoms with Gasteiger partial charge < -0.3 is 64.3 Å². The smallest absolute Gasteiger partial charge is 0.376 e. The molecule has 1 rings (SSSR count). The topological polar surface area (TPSA) is 219 Å². The van der Waals surface area contributed by atoms with E-state index in [1.807, 2.05) is 51.0 Å². The van der Waals surface area contributed by atoms with E-state index in [0.717, 1.165) is 155 Å². The van der Waals surface area contributed by atoms with Crippen LogP contribution in [0.5, 0.6) is 0 Å². The van der Waals surface area contributed by atoms with Crippen molar-refractivity contribution in [1.82, 2.24) is 34.2 Å². The number of allylic oxidation sites excluding steroid dienone is 3. The quantitative estimate of drug-likeness (QED) is 0.00754. The number of hydrogen-bond donors (Lipinski definition) is 7. The Morgan fingerprint density at radius 2 is 0.856 bits per heavy atom. The highest BCUT2D eigenvalue weighted by molar-refractivity contribution is 6.46. The Hall–Kier alpha value is -1.83. The molecule has 0 heterocycles. The summed E-state index contributed by atoms with van der Waals surface area (Å²) in [4.78, 5) is 28.2. The van der Waals surface area contributed by atoms with Crippen LogP contribution in [0.15, 0.2) is 28.9 Å². The molecule has 0 radical (unpaired) electrons. The van der Waals surface area contributed by atoms with Gasteiger partial charge in [0.15, 0.2) is 0 Å². The van der Waals surface area contributed by atoms with Crippen LogP contribution in [0.2, 0.25) is 40.9 Å². The number of carbonyl (C=O) groups is 1. The maximum Gasteiger partial charge on any atom is 0.376 e. The van der Waals surface area contributed by atoms with Crippen LogP contribution in [-0.4, -0.2) is 199 Å². The maximum atomic E-state index is 12.7. The minimum atomic E-state index is -0.619. The molecule has 23 heteroatoms. The van der Waals surface area contributed by atoms with Crippen LogP contribution in [0.25, 0.3) is 10.4 Å². The number of azide groups is 1. The SMILES string of the molecule is CB(O)N(C)CCCN(CCCCN(CC(CCCCCCNC(=O)CCCCCCCCCC/C=C\CCCCCCCCCCC=C1CCCCCCCCCCC1N=[N+]=[N-])CN(CCCCN(CCCN(C)B(C)O)B(C)O)B(C)O)B(C)O)B(C)O. The first-order valence-electron chi connectivity index (χ1n) is 37.6. The van der Waals surface area contributed by atoms with Crippen molar-refractivity contribution >= 4 is 48.2 Å². The molecule has 1 aliphatic carbocycles. The van der Waals surface area contributed by atoms with E-state index in [2.05, 4.69) is 52.8 Å². The summed E-state index contributed by atoms with van der Waals surface area (Å²) in [5.41, 5.74) is 10.6. The van der Waals surface area contributed by atoms with Crippen LogP contribution >= 0.6 is 0 Å². The highest BCUT2D eigenvalue weighted by Crippen LogP contribution is 2.25. The summed E-state index contributed by atoms with van der Waals surface area (Å²) in [6, 6.07) is 0.0776. The van der Waals surface area contributed by atoms with Gasteiger partial charge in [0, 0.05) is 17.9 Å². The molecule has 518 valence electrons. The fourth-order valence-electron chi connectivity index (χ4n) is 12.8. The van der Waals surface area contributed by atoms with Crippen molar-refractivity contribution in [3.8, 4) is 0 Å². The average Bonchev–Trinajstić information content (AvgIpc) is 3.14. The molecular formula is C67H140B6N10O7. The number of unbranched alkanes of at least 4 members (excludes halogenated alkanes) is 22. The Balaban J connectivity index is 2.36. The molecule has 7 N–H and O–H groups in total. The van der Waals surface area contributed by atoms with Gasteiger partial charge in [0.05, 0.1) is 6.04 Å². The molecule has 0 spiro atoms. The predicted octanol–water partition coefficient (Wildman–Crippen LogP) is 13.6. The zero-order chi connectivity index (χ0) is 66.2. The Labute approximate surface area is 556 Å². The van der Waals surface area contributed by atoms with Crippen LogP contribution < -0.4 is 5.32 Å². The van der Waals surface area contributed by atoms with Crippen molar-refractivity contribution in [3.05, 3.63) is 34.2 Å². The first-order chi connectivity index (χ1) is 43.5. The zero-order valence-corrected chi connectivity index (χ0v) is 59.7. The molecule has 0 aromatic rings. The largest absolute Gasteiger partial charge is 0.437 e. The minimum absolute atomic E-state index is 0.0776. The summed E-state index contributed by atoms with van der Waals surface area (Å²) >= 11 is 0. The summed E-state index contributed by atoms with van der Waals surface area (Å²) in [7, 11) is 0.438. The van der Waals surface area contributed by atoms with Crippen LogP contribution in [0.1, 0.15) is 263 Å². The maximum absolute atomic E-state index is 12.7. The van der Waals surface area contributed by atoms with E-state index in [-0.39, 0.29) is 17.9 Å². The monoisotopic (exact) mass is 1260 g/mol. The summed E-state index contributed by atoms with van der Waals surface area (Å²) in [6.45, 7) is 18.9. The van der Waals surface area contributed by atoms with Gasteiger partial charge in [-0.05, 0) is 248 Å². The third-order valence-corrected chi connectivity index (χ3v) is 19.2. The fraction of sp³-hybridized carbons (Fsp3) is 0.925. The van der Waals surface area contributed by atoms with E-state index in [0.29, 0.717) is 26.1 Å². The number of carbonyl (C=O) groups excluding carboxylic acids is 1. The molecule has 1 atom stereocenters. The molecule has 1 aliphatic rings. The van der Waals surface area contributed by atoms with Crippen LogP contribution in [0.4, 0.5) is 0 Å². The highest BCUT2D eigenvalue weighted by atomic mass is 16.2. The molecular weight excluding hydrogens is 1120 g/mol. The lowest BCUT2D eigenvalue weighted by Crippen LogP contribution is -2.47. The van der Waals surface area contributed by atoms with Gasteiger partial charge in [0.2, 0.25) is 5.91 Å². The van der Waals surface area contributed by atoms with E-state index in [4.69, 9.17) is 0 Å². The lowest BCUT2D eigenvalue weighted by molar-refractivity contribution is -0.121. The molecule has 0 aromatic heterocycles. The fourth-order valence-corrected chi connectivity index (χ4v) is 12.8. The first kappa shape index (κ1) is 86.2. The standard InChI is InChI=1S/C67H140B6N10O7/c1-68(85)78(7)54-46-60-80(70(3)87)56-42-44-58-82(72(5)89)62-64(63-83(73(6)90)59-45-43-57-81(71(4)88)61-47-55-79(8)69(2)86)48-36-34-35-41-53-75-67(84)52-40-33-29-23-21-19-17-15-13-11-9-10-12-14-16-18-20-22-26-30-37-49-65-50-38-31-27-24-25-28-32-39-51-66(65)76-77-74/h9,11,49,64,66,85-90H,10,12-48,50-63H2,1-8H3,(H,75,84)/b11-9-,65-49?. The van der Waals surface area contributed by atoms with Crippen molar-refractivity contribution in [2.45, 2.75) is 310 Å². The van der Waals surface area contributed by atoms with Gasteiger partial charge in [0.25, 0.3) is 0 Å². The van der Waals surface area contributed by atoms with Gasteiger partial charge in [-0.15, -0.1) is 0 Å². The van der Waals surface area contributed by atoms with E-state index < -0.39 is 42.3 Å². The third-order valence-electron chi connectivity index (χ3n) is 19.2. The molecule has 0 bridgehead atoms. The molecule has 1 saturated carbocycles. The van der Waals surface area contributed by atoms with Gasteiger partial charge in [0.1, 0.15) is 0 Å². The highest BCUT2D eigenvalue weighted by Gasteiger charge is 2.26. The number of rotatable bonds is 58. The molecule has 90 heavy (non-hydrogen) atoms. The first-order valence-corrected chi connectivity index (χ1v) is 37.6. The predicted molar refractivity (Wildman–Crippen MR) is 391 cm³/mol. The lowest BCUT2D eigenvalue weighted by atomic mass is 9.80. The lowest BCUT2D eigenvalue weighted by Gasteiger charge is -2.33. The second-order valence-corrected chi connectivity index (χ2v) is 27.5. The van der Waals surface area contributed by atoms with E-state index in [9.17, 15) is 40.5 Å².